The minimum Gasteiger partial charge on any atom is -0.470 e. The van der Waals surface area contributed by atoms with Crippen molar-refractivity contribution in [1.82, 2.24) is 14.9 Å². The molecule has 2 aromatic rings. The lowest BCUT2D eigenvalue weighted by atomic mass is 10.1. The molecule has 9 heteroatoms. The van der Waals surface area contributed by atoms with Crippen LogP contribution in [-0.2, 0) is 6.54 Å². The molecule has 26 heavy (non-hydrogen) atoms. The van der Waals surface area contributed by atoms with Gasteiger partial charge in [-0.25, -0.2) is 9.97 Å². The summed E-state index contributed by atoms with van der Waals surface area (Å²) in [7, 11) is 0. The Morgan fingerprint density at radius 2 is 2.19 bits per heavy atom. The number of rotatable bonds is 5. The van der Waals surface area contributed by atoms with Gasteiger partial charge < -0.3 is 9.64 Å². The van der Waals surface area contributed by atoms with Crippen LogP contribution in [0.2, 0.25) is 5.15 Å². The van der Waals surface area contributed by atoms with Gasteiger partial charge in [0.25, 0.3) is 5.91 Å². The average Bonchev–Trinajstić information content (AvgIpc) is 2.91. The van der Waals surface area contributed by atoms with Crippen LogP contribution in [-0.4, -0.2) is 31.3 Å². The van der Waals surface area contributed by atoms with Crippen LogP contribution in [0, 0.1) is 6.92 Å². The fourth-order valence-corrected chi connectivity index (χ4v) is 3.19. The maximum atomic E-state index is 12.9. The molecular formula is C17H15ClF2IN3O2. The molecule has 1 aliphatic rings. The van der Waals surface area contributed by atoms with E-state index in [0.29, 0.717) is 28.4 Å². The first-order chi connectivity index (χ1) is 12.2. The van der Waals surface area contributed by atoms with Gasteiger partial charge in [0, 0.05) is 51.7 Å². The van der Waals surface area contributed by atoms with Gasteiger partial charge in [0.15, 0.2) is 6.61 Å². The Bertz CT molecular complexity index is 860. The molecular weight excluding hydrogens is 479 g/mol. The van der Waals surface area contributed by atoms with Crippen molar-refractivity contribution < 1.29 is 18.3 Å². The van der Waals surface area contributed by atoms with E-state index in [9.17, 15) is 13.6 Å². The molecule has 5 nitrogen and oxygen atoms in total. The number of carbonyl (C=O) groups excluding carboxylic acids is 1. The molecule has 1 amide bonds. The van der Waals surface area contributed by atoms with E-state index in [1.54, 1.807) is 24.0 Å². The predicted octanol–water partition coefficient (Wildman–Crippen LogP) is 4.56. The van der Waals surface area contributed by atoms with E-state index in [-0.39, 0.29) is 17.8 Å². The van der Waals surface area contributed by atoms with Gasteiger partial charge in [-0.05, 0) is 31.5 Å². The van der Waals surface area contributed by atoms with Crippen molar-refractivity contribution in [2.75, 3.05) is 6.61 Å². The highest BCUT2D eigenvalue weighted by molar-refractivity contribution is 14.1. The second-order valence-electron chi connectivity index (χ2n) is 6.03. The van der Waals surface area contributed by atoms with Crippen LogP contribution >= 0.6 is 34.2 Å². The van der Waals surface area contributed by atoms with E-state index in [1.165, 1.54) is 12.4 Å². The van der Waals surface area contributed by atoms with Gasteiger partial charge in [-0.2, -0.15) is 8.78 Å². The second-order valence-corrected chi connectivity index (χ2v) is 7.97. The monoisotopic (exact) mass is 493 g/mol. The molecule has 0 N–H and O–H groups in total. The number of carbonyl (C=O) groups is 1. The Balaban J connectivity index is 1.79. The number of aryl methyl sites for hydroxylation is 1. The molecule has 0 radical (unpaired) electrons. The average molecular weight is 494 g/mol. The highest BCUT2D eigenvalue weighted by Crippen LogP contribution is 2.34. The van der Waals surface area contributed by atoms with Crippen LogP contribution in [0.3, 0.4) is 0 Å². The number of nitrogens with zero attached hydrogens (tertiary/aromatic N) is 3. The molecule has 3 heterocycles. The maximum Gasteiger partial charge on any atom is 0.329 e. The molecule has 1 aliphatic heterocycles. The van der Waals surface area contributed by atoms with Gasteiger partial charge in [0.2, 0.25) is 5.88 Å². The van der Waals surface area contributed by atoms with Crippen molar-refractivity contribution >= 4 is 40.1 Å². The van der Waals surface area contributed by atoms with Crippen molar-refractivity contribution in [3.63, 3.8) is 0 Å². The normalized spacial score (nSPS) is 15.2. The van der Waals surface area contributed by atoms with Crippen LogP contribution < -0.4 is 4.74 Å². The molecule has 0 saturated heterocycles. The zero-order valence-corrected chi connectivity index (χ0v) is 16.9. The first-order valence-corrected chi connectivity index (χ1v) is 9.23. The molecule has 0 aromatic carbocycles. The number of fused-ring (bicyclic) bond motifs is 1. The van der Waals surface area contributed by atoms with Gasteiger partial charge in [-0.3, -0.25) is 4.79 Å². The first-order valence-electron chi connectivity index (χ1n) is 7.78. The Morgan fingerprint density at radius 1 is 1.46 bits per heavy atom. The minimum atomic E-state index is -2.96. The first kappa shape index (κ1) is 19.2. The summed E-state index contributed by atoms with van der Waals surface area (Å²) in [5, 5.41) is 0.323. The molecule has 138 valence electrons. The minimum absolute atomic E-state index is 0.126. The summed E-state index contributed by atoms with van der Waals surface area (Å²) in [5.74, 6) is 0.0277. The molecule has 0 aliphatic carbocycles. The van der Waals surface area contributed by atoms with Crippen LogP contribution in [0.4, 0.5) is 8.78 Å². The molecule has 1 atom stereocenters. The highest BCUT2D eigenvalue weighted by Gasteiger charge is 2.33. The number of amides is 1. The van der Waals surface area contributed by atoms with Gasteiger partial charge in [0.05, 0.1) is 12.6 Å². The number of hydrogen-bond donors (Lipinski definition) is 0. The van der Waals surface area contributed by atoms with Crippen molar-refractivity contribution in [1.29, 1.82) is 0 Å². The second kappa shape index (κ2) is 7.22. The third-order valence-electron chi connectivity index (χ3n) is 4.20. The molecule has 0 spiro atoms. The number of alkyl halides is 3. The lowest BCUT2D eigenvalue weighted by molar-refractivity contribution is 0.0620. The molecule has 1 unspecified atom stereocenters. The van der Waals surface area contributed by atoms with Crippen molar-refractivity contribution in [2.24, 2.45) is 0 Å². The molecule has 0 fully saturated rings. The van der Waals surface area contributed by atoms with Gasteiger partial charge in [-0.1, -0.05) is 11.6 Å². The Hall–Kier alpha value is -1.55. The van der Waals surface area contributed by atoms with Gasteiger partial charge in [-0.15, -0.1) is 0 Å². The number of halogens is 4. The number of pyridine rings is 2. The van der Waals surface area contributed by atoms with E-state index in [1.807, 2.05) is 6.92 Å². The zero-order valence-electron chi connectivity index (χ0n) is 14.0. The summed E-state index contributed by atoms with van der Waals surface area (Å²) in [6, 6.07) is 3.17. The van der Waals surface area contributed by atoms with E-state index in [2.05, 4.69) is 9.97 Å². The van der Waals surface area contributed by atoms with Crippen molar-refractivity contribution in [2.45, 2.75) is 30.4 Å². The number of aromatic nitrogens is 2. The van der Waals surface area contributed by atoms with E-state index in [0.717, 1.165) is 28.2 Å². The van der Waals surface area contributed by atoms with E-state index < -0.39 is 10.5 Å². The standard InChI is InChI=1S/C17H15ClF2IN3O2/c1-9-5-11(6-23-15(9)26-8-17(19,20)21)10(2)24-7-13-12(16(24)25)3-4-22-14(13)18/h3-6,10H,7-8H2,1-2H3. The lowest BCUT2D eigenvalue weighted by Crippen LogP contribution is -2.27. The van der Waals surface area contributed by atoms with Crippen LogP contribution in [0.15, 0.2) is 24.5 Å². The summed E-state index contributed by atoms with van der Waals surface area (Å²) in [6.07, 6.45) is 3.04. The Morgan fingerprint density at radius 3 is 2.81 bits per heavy atom. The fourth-order valence-electron chi connectivity index (χ4n) is 2.82. The largest absolute Gasteiger partial charge is 0.470 e. The lowest BCUT2D eigenvalue weighted by Gasteiger charge is -2.25. The summed E-state index contributed by atoms with van der Waals surface area (Å²) >= 11 is 7.10. The molecule has 3 rings (SSSR count). The molecule has 2 aromatic heterocycles. The summed E-state index contributed by atoms with van der Waals surface area (Å²) in [6.45, 7) is 3.22. The van der Waals surface area contributed by atoms with E-state index in [4.69, 9.17) is 16.3 Å². The van der Waals surface area contributed by atoms with E-state index >= 15 is 0 Å². The molecule has 0 bridgehead atoms. The summed E-state index contributed by atoms with van der Waals surface area (Å²) in [4.78, 5) is 22.5. The molecule has 0 saturated carbocycles. The third-order valence-corrected chi connectivity index (χ3v) is 4.83. The van der Waals surface area contributed by atoms with Crippen LogP contribution in [0.1, 0.15) is 40.0 Å². The predicted molar refractivity (Wildman–Crippen MR) is 101 cm³/mol. The third kappa shape index (κ3) is 3.90. The Kier molecular flexibility index (Phi) is 5.34. The van der Waals surface area contributed by atoms with Crippen molar-refractivity contribution in [3.8, 4) is 5.88 Å². The van der Waals surface area contributed by atoms with Gasteiger partial charge >= 0.3 is 3.93 Å². The van der Waals surface area contributed by atoms with Gasteiger partial charge in [0.1, 0.15) is 5.15 Å². The number of ether oxygens (including phenoxy) is 1. The quantitative estimate of drug-likeness (QED) is 0.348. The summed E-state index contributed by atoms with van der Waals surface area (Å²) < 4.78 is 28.0. The smallest absolute Gasteiger partial charge is 0.329 e. The SMILES string of the molecule is Cc1cc(C(C)N2Cc3c(ccnc3Cl)C2=O)cnc1OCC(F)(F)I. The zero-order chi connectivity index (χ0) is 19.1. The van der Waals surface area contributed by atoms with Crippen molar-refractivity contribution in [3.05, 3.63) is 51.9 Å². The fraction of sp³-hybridized carbons (Fsp3) is 0.353. The topological polar surface area (TPSA) is 55.3 Å². The maximum absolute atomic E-state index is 12.9. The van der Waals surface area contributed by atoms with Crippen LogP contribution in [0.5, 0.6) is 5.88 Å². The highest BCUT2D eigenvalue weighted by atomic mass is 127. The summed E-state index contributed by atoms with van der Waals surface area (Å²) in [5.41, 5.74) is 2.66. The van der Waals surface area contributed by atoms with Crippen LogP contribution in [0.25, 0.3) is 0 Å². The number of hydrogen-bond acceptors (Lipinski definition) is 4. The Labute approximate surface area is 167 Å².